The molecule has 5 rings (SSSR count). The predicted molar refractivity (Wildman–Crippen MR) is 96.7 cm³/mol. The fourth-order valence-electron chi connectivity index (χ4n) is 4.82. The molecule has 3 nitrogen and oxygen atoms in total. The van der Waals surface area contributed by atoms with Gasteiger partial charge in [-0.05, 0) is 55.1 Å². The zero-order valence-electron chi connectivity index (χ0n) is 14.2. The zero-order chi connectivity index (χ0) is 16.4. The van der Waals surface area contributed by atoms with Crippen LogP contribution >= 0.6 is 0 Å². The standard InChI is InChI=1S/C21H22N2O/c1-13-3-5-17-18-6-4-16(8-20(18)21(24)19(17)7-13)23-11-14-9-22(2)10-15(14)12-23/h3-8,14-15H,9-12H2,1-2H3. The summed E-state index contributed by atoms with van der Waals surface area (Å²) in [7, 11) is 2.22. The van der Waals surface area contributed by atoms with E-state index in [-0.39, 0.29) is 5.78 Å². The number of hydrogen-bond donors (Lipinski definition) is 0. The summed E-state index contributed by atoms with van der Waals surface area (Å²) in [4.78, 5) is 17.7. The fourth-order valence-corrected chi connectivity index (χ4v) is 4.82. The second-order valence-electron chi connectivity index (χ2n) is 7.75. The van der Waals surface area contributed by atoms with Crippen LogP contribution in [-0.4, -0.2) is 43.9 Å². The maximum Gasteiger partial charge on any atom is 0.194 e. The molecule has 2 aromatic rings. The maximum absolute atomic E-state index is 12.8. The number of carbonyl (C=O) groups excluding carboxylic acids is 1. The lowest BCUT2D eigenvalue weighted by atomic mass is 10.0. The molecule has 2 atom stereocenters. The first-order valence-corrected chi connectivity index (χ1v) is 8.83. The van der Waals surface area contributed by atoms with Gasteiger partial charge in [-0.3, -0.25) is 4.79 Å². The molecule has 0 spiro atoms. The van der Waals surface area contributed by atoms with Crippen molar-refractivity contribution in [3.63, 3.8) is 0 Å². The number of rotatable bonds is 1. The van der Waals surface area contributed by atoms with Gasteiger partial charge in [-0.1, -0.05) is 23.8 Å². The van der Waals surface area contributed by atoms with Crippen molar-refractivity contribution in [2.75, 3.05) is 38.1 Å². The highest BCUT2D eigenvalue weighted by Gasteiger charge is 2.39. The van der Waals surface area contributed by atoms with Crippen molar-refractivity contribution in [2.45, 2.75) is 6.92 Å². The van der Waals surface area contributed by atoms with E-state index in [9.17, 15) is 4.79 Å². The molecule has 2 heterocycles. The van der Waals surface area contributed by atoms with E-state index < -0.39 is 0 Å². The van der Waals surface area contributed by atoms with Crippen LogP contribution in [0.1, 0.15) is 21.5 Å². The first-order chi connectivity index (χ1) is 11.6. The summed E-state index contributed by atoms with van der Waals surface area (Å²) >= 11 is 0. The number of ketones is 1. The molecule has 2 aliphatic heterocycles. The second-order valence-corrected chi connectivity index (χ2v) is 7.75. The molecule has 24 heavy (non-hydrogen) atoms. The number of nitrogens with zero attached hydrogens (tertiary/aromatic N) is 2. The van der Waals surface area contributed by atoms with E-state index >= 15 is 0 Å². The Morgan fingerprint density at radius 3 is 2.17 bits per heavy atom. The van der Waals surface area contributed by atoms with Gasteiger partial charge in [0.2, 0.25) is 0 Å². The Morgan fingerprint density at radius 1 is 0.833 bits per heavy atom. The summed E-state index contributed by atoms with van der Waals surface area (Å²) in [5, 5.41) is 0. The van der Waals surface area contributed by atoms with E-state index in [1.807, 2.05) is 13.0 Å². The van der Waals surface area contributed by atoms with E-state index in [0.717, 1.165) is 52.7 Å². The number of likely N-dealkylation sites (tertiary alicyclic amines) is 1. The Bertz CT molecular complexity index is 843. The quantitative estimate of drug-likeness (QED) is 0.688. The molecule has 0 N–H and O–H groups in total. The largest absolute Gasteiger partial charge is 0.371 e. The molecule has 3 heteroatoms. The van der Waals surface area contributed by atoms with Gasteiger partial charge in [-0.15, -0.1) is 0 Å². The molecule has 0 aromatic heterocycles. The smallest absolute Gasteiger partial charge is 0.194 e. The number of fused-ring (bicyclic) bond motifs is 4. The monoisotopic (exact) mass is 318 g/mol. The van der Waals surface area contributed by atoms with Gasteiger partial charge in [-0.25, -0.2) is 0 Å². The third-order valence-electron chi connectivity index (χ3n) is 5.99. The summed E-state index contributed by atoms with van der Waals surface area (Å²) in [5.41, 5.74) is 6.28. The van der Waals surface area contributed by atoms with Crippen molar-refractivity contribution in [3.8, 4) is 11.1 Å². The van der Waals surface area contributed by atoms with Crippen molar-refractivity contribution < 1.29 is 4.79 Å². The molecule has 2 saturated heterocycles. The number of carbonyl (C=O) groups is 1. The van der Waals surface area contributed by atoms with Gasteiger partial charge in [0.1, 0.15) is 0 Å². The average Bonchev–Trinajstić information content (AvgIpc) is 3.18. The van der Waals surface area contributed by atoms with Gasteiger partial charge in [0.25, 0.3) is 0 Å². The van der Waals surface area contributed by atoms with Gasteiger partial charge in [0, 0.05) is 43.0 Å². The summed E-state index contributed by atoms with van der Waals surface area (Å²) in [6.45, 7) is 6.69. The van der Waals surface area contributed by atoms with E-state index in [0.29, 0.717) is 0 Å². The minimum Gasteiger partial charge on any atom is -0.371 e. The van der Waals surface area contributed by atoms with Crippen LogP contribution < -0.4 is 4.90 Å². The number of hydrogen-bond acceptors (Lipinski definition) is 3. The van der Waals surface area contributed by atoms with Crippen molar-refractivity contribution in [1.29, 1.82) is 0 Å². The van der Waals surface area contributed by atoms with E-state index in [4.69, 9.17) is 0 Å². The average molecular weight is 318 g/mol. The van der Waals surface area contributed by atoms with Crippen molar-refractivity contribution in [2.24, 2.45) is 11.8 Å². The maximum atomic E-state index is 12.8. The molecule has 3 aliphatic rings. The van der Waals surface area contributed by atoms with Gasteiger partial charge < -0.3 is 9.80 Å². The van der Waals surface area contributed by atoms with E-state index in [1.165, 1.54) is 18.8 Å². The number of benzene rings is 2. The molecule has 0 bridgehead atoms. The molecular formula is C21H22N2O. The Hall–Kier alpha value is -2.13. The number of aryl methyl sites for hydroxylation is 1. The molecule has 2 unspecified atom stereocenters. The Labute approximate surface area is 142 Å². The molecule has 0 amide bonds. The van der Waals surface area contributed by atoms with E-state index in [1.54, 1.807) is 0 Å². The Balaban J connectivity index is 1.48. The third kappa shape index (κ3) is 1.97. The lowest BCUT2D eigenvalue weighted by Gasteiger charge is -2.22. The van der Waals surface area contributed by atoms with Crippen LogP contribution in [0.2, 0.25) is 0 Å². The summed E-state index contributed by atoms with van der Waals surface area (Å²) in [6, 6.07) is 12.7. The van der Waals surface area contributed by atoms with Gasteiger partial charge in [-0.2, -0.15) is 0 Å². The Kier molecular flexibility index (Phi) is 2.93. The lowest BCUT2D eigenvalue weighted by molar-refractivity contribution is 0.104. The van der Waals surface area contributed by atoms with Crippen LogP contribution in [0.3, 0.4) is 0 Å². The molecule has 0 saturated carbocycles. The van der Waals surface area contributed by atoms with Gasteiger partial charge in [0.05, 0.1) is 0 Å². The van der Waals surface area contributed by atoms with Crippen molar-refractivity contribution in [1.82, 2.24) is 4.90 Å². The lowest BCUT2D eigenvalue weighted by Crippen LogP contribution is -2.26. The van der Waals surface area contributed by atoms with Gasteiger partial charge >= 0.3 is 0 Å². The molecular weight excluding hydrogens is 296 g/mol. The van der Waals surface area contributed by atoms with Crippen LogP contribution in [0, 0.1) is 18.8 Å². The minimum absolute atomic E-state index is 0.185. The van der Waals surface area contributed by atoms with Crippen LogP contribution in [0.25, 0.3) is 11.1 Å². The molecule has 122 valence electrons. The first kappa shape index (κ1) is 14.2. The Morgan fingerprint density at radius 2 is 1.46 bits per heavy atom. The van der Waals surface area contributed by atoms with Crippen LogP contribution in [0.15, 0.2) is 36.4 Å². The van der Waals surface area contributed by atoms with Crippen LogP contribution in [-0.2, 0) is 0 Å². The molecule has 2 aromatic carbocycles. The summed E-state index contributed by atoms with van der Waals surface area (Å²) in [6.07, 6.45) is 0. The first-order valence-electron chi connectivity index (χ1n) is 8.83. The molecule has 2 fully saturated rings. The second kappa shape index (κ2) is 4.93. The topological polar surface area (TPSA) is 23.6 Å². The number of anilines is 1. The minimum atomic E-state index is 0.185. The summed E-state index contributed by atoms with van der Waals surface area (Å²) in [5.74, 6) is 1.74. The summed E-state index contributed by atoms with van der Waals surface area (Å²) < 4.78 is 0. The molecule has 0 radical (unpaired) electrons. The third-order valence-corrected chi connectivity index (χ3v) is 5.99. The highest BCUT2D eigenvalue weighted by molar-refractivity contribution is 6.22. The SMILES string of the molecule is Cc1ccc2c(c1)C(=O)c1cc(N3CC4CN(C)CC4C3)ccc1-2. The van der Waals surface area contributed by atoms with Crippen molar-refractivity contribution in [3.05, 3.63) is 53.1 Å². The molecule has 1 aliphatic carbocycles. The van der Waals surface area contributed by atoms with Crippen molar-refractivity contribution >= 4 is 11.5 Å². The van der Waals surface area contributed by atoms with Gasteiger partial charge in [0.15, 0.2) is 5.78 Å². The highest BCUT2D eigenvalue weighted by Crippen LogP contribution is 2.40. The van der Waals surface area contributed by atoms with Crippen LogP contribution in [0.5, 0.6) is 0 Å². The zero-order valence-corrected chi connectivity index (χ0v) is 14.2. The van der Waals surface area contributed by atoms with E-state index in [2.05, 4.69) is 47.2 Å². The van der Waals surface area contributed by atoms with Crippen LogP contribution in [0.4, 0.5) is 5.69 Å². The normalized spacial score (nSPS) is 25.1. The fraction of sp³-hybridized carbons (Fsp3) is 0.381. The predicted octanol–water partition coefficient (Wildman–Crippen LogP) is 3.20. The highest BCUT2D eigenvalue weighted by atomic mass is 16.1.